The molecule has 1 heterocycles. The summed E-state index contributed by atoms with van der Waals surface area (Å²) in [7, 11) is 1.64. The normalized spacial score (nSPS) is 17.1. The van der Waals surface area contributed by atoms with Gasteiger partial charge in [0.1, 0.15) is 5.84 Å². The molecular formula is C22H24N4O3. The summed E-state index contributed by atoms with van der Waals surface area (Å²) in [5.41, 5.74) is 9.51. The number of ether oxygens (including phenoxy) is 1. The first-order valence-corrected chi connectivity index (χ1v) is 9.32. The zero-order valence-corrected chi connectivity index (χ0v) is 16.2. The van der Waals surface area contributed by atoms with Gasteiger partial charge in [0, 0.05) is 37.5 Å². The molecule has 2 amide bonds. The number of rotatable bonds is 7. The van der Waals surface area contributed by atoms with E-state index in [2.05, 4.69) is 15.6 Å². The van der Waals surface area contributed by atoms with Gasteiger partial charge in [0.05, 0.1) is 12.5 Å². The van der Waals surface area contributed by atoms with Crippen molar-refractivity contribution in [3.8, 4) is 0 Å². The molecule has 0 unspecified atom stereocenters. The first-order valence-electron chi connectivity index (χ1n) is 9.32. The van der Waals surface area contributed by atoms with Crippen molar-refractivity contribution in [2.24, 2.45) is 16.6 Å². The molecule has 0 spiro atoms. The van der Waals surface area contributed by atoms with Gasteiger partial charge in [0.15, 0.2) is 0 Å². The average molecular weight is 392 g/mol. The third-order valence-corrected chi connectivity index (χ3v) is 4.46. The molecule has 2 aromatic carbocycles. The highest BCUT2D eigenvalue weighted by molar-refractivity contribution is 6.06. The summed E-state index contributed by atoms with van der Waals surface area (Å²) in [5.74, 6) is -0.937. The summed E-state index contributed by atoms with van der Waals surface area (Å²) >= 11 is 0. The van der Waals surface area contributed by atoms with Gasteiger partial charge in [-0.25, -0.2) is 0 Å². The fourth-order valence-electron chi connectivity index (χ4n) is 3.04. The number of hydrogen-bond donors (Lipinski definition) is 3. The van der Waals surface area contributed by atoms with E-state index < -0.39 is 11.8 Å². The van der Waals surface area contributed by atoms with E-state index in [1.54, 1.807) is 13.2 Å². The van der Waals surface area contributed by atoms with E-state index in [4.69, 9.17) is 10.5 Å². The third kappa shape index (κ3) is 5.76. The minimum absolute atomic E-state index is 0.0740. The second-order valence-corrected chi connectivity index (χ2v) is 6.76. The molecule has 0 aromatic heterocycles. The SMILES string of the molecule is COCc1cccc(/C(=C/C(N)=NC(=O)[C@@H]2CNC(=O)C2)Nc2ccccc2)c1. The Balaban J connectivity index is 1.89. The number of nitrogens with one attached hydrogen (secondary N) is 2. The van der Waals surface area contributed by atoms with Crippen LogP contribution in [0.2, 0.25) is 0 Å². The molecular weight excluding hydrogens is 368 g/mol. The average Bonchev–Trinajstić information content (AvgIpc) is 3.15. The summed E-state index contributed by atoms with van der Waals surface area (Å²) in [4.78, 5) is 27.6. The number of carbonyl (C=O) groups is 2. The molecule has 0 radical (unpaired) electrons. The van der Waals surface area contributed by atoms with Gasteiger partial charge in [-0.1, -0.05) is 36.4 Å². The Morgan fingerprint density at radius 2 is 2.07 bits per heavy atom. The highest BCUT2D eigenvalue weighted by atomic mass is 16.5. The first kappa shape index (κ1) is 20.3. The maximum Gasteiger partial charge on any atom is 0.253 e. The lowest BCUT2D eigenvalue weighted by Gasteiger charge is -2.13. The smallest absolute Gasteiger partial charge is 0.253 e. The number of hydrogen-bond acceptors (Lipinski definition) is 4. The van der Waals surface area contributed by atoms with Crippen LogP contribution in [-0.2, 0) is 20.9 Å². The van der Waals surface area contributed by atoms with Gasteiger partial charge in [0.2, 0.25) is 5.91 Å². The van der Waals surface area contributed by atoms with Gasteiger partial charge in [-0.05, 0) is 29.3 Å². The Hall–Kier alpha value is -3.45. The molecule has 1 saturated heterocycles. The van der Waals surface area contributed by atoms with Crippen LogP contribution in [0.5, 0.6) is 0 Å². The minimum atomic E-state index is -0.468. The standard InChI is InChI=1S/C22H24N4O3/c1-29-14-15-6-5-7-16(10-15)19(25-18-8-3-2-4-9-18)12-20(23)26-22(28)17-11-21(27)24-13-17/h2-10,12,17,25H,11,13-14H2,1H3,(H,24,27)(H2,23,26,28)/b19-12-/t17-/m0/s1. The van der Waals surface area contributed by atoms with Crippen LogP contribution in [0.1, 0.15) is 17.5 Å². The lowest BCUT2D eigenvalue weighted by atomic mass is 10.1. The number of aliphatic imine (C=N–C) groups is 1. The first-order chi connectivity index (χ1) is 14.0. The molecule has 7 nitrogen and oxygen atoms in total. The molecule has 2 aromatic rings. The van der Waals surface area contributed by atoms with E-state index >= 15 is 0 Å². The predicted molar refractivity (Wildman–Crippen MR) is 113 cm³/mol. The van der Waals surface area contributed by atoms with Crippen LogP contribution in [0, 0.1) is 5.92 Å². The molecule has 1 fully saturated rings. The van der Waals surface area contributed by atoms with E-state index in [0.29, 0.717) is 18.8 Å². The van der Waals surface area contributed by atoms with Crippen LogP contribution in [-0.4, -0.2) is 31.3 Å². The Kier molecular flexibility index (Phi) is 6.76. The van der Waals surface area contributed by atoms with Gasteiger partial charge in [-0.15, -0.1) is 0 Å². The molecule has 0 bridgehead atoms. The molecule has 1 aliphatic heterocycles. The fraction of sp³-hybridized carbons (Fsp3) is 0.227. The largest absolute Gasteiger partial charge is 0.384 e. The maximum absolute atomic E-state index is 12.3. The Morgan fingerprint density at radius 1 is 1.28 bits per heavy atom. The number of amides is 2. The number of anilines is 1. The van der Waals surface area contributed by atoms with Crippen molar-refractivity contribution in [3.05, 3.63) is 71.8 Å². The molecule has 1 aliphatic rings. The lowest BCUT2D eigenvalue weighted by molar-refractivity contribution is -0.124. The second kappa shape index (κ2) is 9.66. The van der Waals surface area contributed by atoms with E-state index in [1.807, 2.05) is 54.6 Å². The number of amidine groups is 1. The van der Waals surface area contributed by atoms with Gasteiger partial charge >= 0.3 is 0 Å². The molecule has 7 heteroatoms. The molecule has 150 valence electrons. The molecule has 4 N–H and O–H groups in total. The Bertz CT molecular complexity index is 938. The van der Waals surface area contributed by atoms with Crippen molar-refractivity contribution in [3.63, 3.8) is 0 Å². The Labute approximate surface area is 169 Å². The molecule has 0 saturated carbocycles. The number of carbonyl (C=O) groups excluding carboxylic acids is 2. The zero-order chi connectivity index (χ0) is 20.6. The topological polar surface area (TPSA) is 106 Å². The van der Waals surface area contributed by atoms with Crippen LogP contribution in [0.3, 0.4) is 0 Å². The van der Waals surface area contributed by atoms with Gasteiger partial charge < -0.3 is 21.1 Å². The molecule has 1 atom stereocenters. The summed E-state index contributed by atoms with van der Waals surface area (Å²) in [6, 6.07) is 17.5. The number of para-hydroxylation sites is 1. The van der Waals surface area contributed by atoms with Crippen LogP contribution in [0.4, 0.5) is 5.69 Å². The lowest BCUT2D eigenvalue weighted by Crippen LogP contribution is -2.20. The van der Waals surface area contributed by atoms with Crippen molar-refractivity contribution >= 4 is 29.0 Å². The van der Waals surface area contributed by atoms with E-state index in [1.165, 1.54) is 0 Å². The van der Waals surface area contributed by atoms with Crippen LogP contribution >= 0.6 is 0 Å². The van der Waals surface area contributed by atoms with Crippen molar-refractivity contribution in [1.82, 2.24) is 5.32 Å². The van der Waals surface area contributed by atoms with Gasteiger partial charge in [-0.2, -0.15) is 4.99 Å². The third-order valence-electron chi connectivity index (χ3n) is 4.46. The highest BCUT2D eigenvalue weighted by Gasteiger charge is 2.27. The molecule has 0 aliphatic carbocycles. The summed E-state index contributed by atoms with van der Waals surface area (Å²) in [6.07, 6.45) is 1.77. The maximum atomic E-state index is 12.3. The second-order valence-electron chi connectivity index (χ2n) is 6.76. The summed E-state index contributed by atoms with van der Waals surface area (Å²) < 4.78 is 5.21. The number of nitrogens with zero attached hydrogens (tertiary/aromatic N) is 1. The van der Waals surface area contributed by atoms with Gasteiger partial charge in [-0.3, -0.25) is 9.59 Å². The quantitative estimate of drug-likeness (QED) is 0.495. The van der Waals surface area contributed by atoms with Crippen LogP contribution in [0.25, 0.3) is 5.70 Å². The van der Waals surface area contributed by atoms with E-state index in [0.717, 1.165) is 16.8 Å². The predicted octanol–water partition coefficient (Wildman–Crippen LogP) is 2.31. The summed E-state index contributed by atoms with van der Waals surface area (Å²) in [5, 5.41) is 5.96. The Morgan fingerprint density at radius 3 is 2.76 bits per heavy atom. The zero-order valence-electron chi connectivity index (χ0n) is 16.2. The van der Waals surface area contributed by atoms with Crippen molar-refractivity contribution in [1.29, 1.82) is 0 Å². The van der Waals surface area contributed by atoms with Crippen molar-refractivity contribution < 1.29 is 14.3 Å². The van der Waals surface area contributed by atoms with Crippen molar-refractivity contribution in [2.45, 2.75) is 13.0 Å². The van der Waals surface area contributed by atoms with Crippen LogP contribution in [0.15, 0.2) is 65.7 Å². The van der Waals surface area contributed by atoms with Crippen LogP contribution < -0.4 is 16.4 Å². The number of methoxy groups -OCH3 is 1. The van der Waals surface area contributed by atoms with Gasteiger partial charge in [0.25, 0.3) is 5.91 Å². The summed E-state index contributed by atoms with van der Waals surface area (Å²) in [6.45, 7) is 0.781. The van der Waals surface area contributed by atoms with Crippen molar-refractivity contribution in [2.75, 3.05) is 19.0 Å². The molecule has 29 heavy (non-hydrogen) atoms. The number of nitrogens with two attached hydrogens (primary N) is 1. The highest BCUT2D eigenvalue weighted by Crippen LogP contribution is 2.20. The fourth-order valence-corrected chi connectivity index (χ4v) is 3.04. The number of benzene rings is 2. The van der Waals surface area contributed by atoms with E-state index in [9.17, 15) is 9.59 Å². The van der Waals surface area contributed by atoms with E-state index in [-0.39, 0.29) is 18.2 Å². The molecule has 3 rings (SSSR count). The monoisotopic (exact) mass is 392 g/mol. The minimum Gasteiger partial charge on any atom is -0.384 e.